The van der Waals surface area contributed by atoms with Crippen LogP contribution in [-0.2, 0) is 52.6 Å². The van der Waals surface area contributed by atoms with Crippen molar-refractivity contribution in [2.75, 3.05) is 84.5 Å². The lowest BCUT2D eigenvalue weighted by molar-refractivity contribution is -0.247. The second kappa shape index (κ2) is 22.1. The molecule has 0 amide bonds. The van der Waals surface area contributed by atoms with E-state index in [-0.39, 0.29) is 82.9 Å². The van der Waals surface area contributed by atoms with Crippen molar-refractivity contribution in [3.05, 3.63) is 0 Å². The molecule has 5 aliphatic carbocycles. The first kappa shape index (κ1) is 55.4. The summed E-state index contributed by atoms with van der Waals surface area (Å²) in [5, 5.41) is 13.7. The predicted molar refractivity (Wildman–Crippen MR) is 262 cm³/mol. The van der Waals surface area contributed by atoms with Crippen LogP contribution in [0.25, 0.3) is 0 Å². The van der Waals surface area contributed by atoms with Crippen molar-refractivity contribution >= 4 is 27.7 Å². The van der Waals surface area contributed by atoms with Crippen molar-refractivity contribution in [2.45, 2.75) is 170 Å². The summed E-state index contributed by atoms with van der Waals surface area (Å²) >= 11 is 0. The number of methoxy groups -OCH3 is 1. The Labute approximate surface area is 410 Å². The largest absolute Gasteiger partial charge is 0.481 e. The Morgan fingerprint density at radius 2 is 1.40 bits per heavy atom. The van der Waals surface area contributed by atoms with Crippen LogP contribution in [0.15, 0.2) is 0 Å². The number of hydrogen-bond donors (Lipinski definition) is 2. The number of sulfone groups is 1. The summed E-state index contributed by atoms with van der Waals surface area (Å²) in [6, 6.07) is -0.199. The number of nitrogens with one attached hydrogen (secondary N) is 1. The average molecular weight is 981 g/mol. The molecule has 0 aromatic heterocycles. The monoisotopic (exact) mass is 981 g/mol. The van der Waals surface area contributed by atoms with E-state index in [1.165, 1.54) is 19.3 Å². The minimum Gasteiger partial charge on any atom is -0.481 e. The van der Waals surface area contributed by atoms with Crippen molar-refractivity contribution in [1.82, 2.24) is 10.2 Å². The number of fused-ring (bicyclic) bond motifs is 7. The molecule has 68 heavy (non-hydrogen) atoms. The van der Waals surface area contributed by atoms with Gasteiger partial charge < -0.3 is 38.8 Å². The highest BCUT2D eigenvalue weighted by molar-refractivity contribution is 7.91. The number of carboxylic acid groups (broad SMARTS) is 1. The molecule has 0 aromatic rings. The fraction of sp³-hybridized carbons (Fsp3) is 0.943. The van der Waals surface area contributed by atoms with Gasteiger partial charge in [-0.3, -0.25) is 14.5 Å². The molecule has 0 aromatic carbocycles. The van der Waals surface area contributed by atoms with E-state index >= 15 is 0 Å². The van der Waals surface area contributed by atoms with Gasteiger partial charge in [-0.15, -0.1) is 0 Å². The van der Waals surface area contributed by atoms with Crippen molar-refractivity contribution in [1.29, 1.82) is 0 Å². The smallest absolute Gasteiger partial charge is 0.332 e. The van der Waals surface area contributed by atoms with E-state index in [2.05, 4.69) is 58.7 Å². The van der Waals surface area contributed by atoms with Gasteiger partial charge in [-0.05, 0) is 128 Å². The molecule has 0 bridgehead atoms. The lowest BCUT2D eigenvalue weighted by atomic mass is 9.32. The molecule has 1 saturated heterocycles. The van der Waals surface area contributed by atoms with Gasteiger partial charge in [0.1, 0.15) is 18.8 Å². The second-order valence-electron chi connectivity index (χ2n) is 24.6. The van der Waals surface area contributed by atoms with Crippen LogP contribution < -0.4 is 5.32 Å². The number of nitrogens with zero attached hydrogens (tertiary/aromatic N) is 1. The highest BCUT2D eigenvalue weighted by Crippen LogP contribution is 2.76. The fourth-order valence-electron chi connectivity index (χ4n) is 16.0. The summed E-state index contributed by atoms with van der Waals surface area (Å²) in [5.41, 5.74) is -0.534. The molecule has 1 heterocycles. The Hall–Kier alpha value is -1.88. The summed E-state index contributed by atoms with van der Waals surface area (Å²) in [5.74, 6) is 1.71. The normalized spacial score (nSPS) is 36.4. The van der Waals surface area contributed by atoms with Gasteiger partial charge in [-0.1, -0.05) is 62.3 Å². The van der Waals surface area contributed by atoms with Crippen molar-refractivity contribution < 1.29 is 56.3 Å². The van der Waals surface area contributed by atoms with Gasteiger partial charge in [0.15, 0.2) is 9.84 Å². The van der Waals surface area contributed by atoms with Gasteiger partial charge >= 0.3 is 17.9 Å². The third kappa shape index (κ3) is 11.8. The lowest BCUT2D eigenvalue weighted by Crippen LogP contribution is -2.69. The van der Waals surface area contributed by atoms with Gasteiger partial charge in [0.2, 0.25) is 0 Å². The van der Waals surface area contributed by atoms with Crippen molar-refractivity contribution in [2.24, 2.45) is 62.6 Å². The molecule has 392 valence electrons. The molecular weight excluding hydrogens is 889 g/mol. The molecule has 6 aliphatic rings. The van der Waals surface area contributed by atoms with Crippen LogP contribution in [0.4, 0.5) is 0 Å². The number of esters is 2. The van der Waals surface area contributed by atoms with Crippen LogP contribution in [0.1, 0.15) is 146 Å². The van der Waals surface area contributed by atoms with E-state index in [0.29, 0.717) is 88.2 Å². The lowest BCUT2D eigenvalue weighted by Gasteiger charge is -2.73. The van der Waals surface area contributed by atoms with Crippen LogP contribution in [0.5, 0.6) is 0 Å². The van der Waals surface area contributed by atoms with Crippen molar-refractivity contribution in [3.63, 3.8) is 0 Å². The molecule has 6 rings (SSSR count). The van der Waals surface area contributed by atoms with E-state index in [9.17, 15) is 27.9 Å². The van der Waals surface area contributed by atoms with Crippen LogP contribution in [0, 0.1) is 62.6 Å². The van der Waals surface area contributed by atoms with Gasteiger partial charge in [-0.25, -0.2) is 13.2 Å². The number of carboxylic acids is 1. The Balaban J connectivity index is 1.14. The van der Waals surface area contributed by atoms with Gasteiger partial charge in [-0.2, -0.15) is 0 Å². The second-order valence-corrected chi connectivity index (χ2v) is 27.0. The summed E-state index contributed by atoms with van der Waals surface area (Å²) < 4.78 is 59.3. The third-order valence-corrected chi connectivity index (χ3v) is 21.2. The minimum absolute atomic E-state index is 0.0614. The first-order valence-electron chi connectivity index (χ1n) is 26.4. The molecular formula is C53H92N2O12S. The van der Waals surface area contributed by atoms with Crippen LogP contribution >= 0.6 is 0 Å². The number of ether oxygens (including phenoxy) is 6. The molecule has 2 unspecified atom stereocenters. The van der Waals surface area contributed by atoms with E-state index in [4.69, 9.17) is 28.4 Å². The van der Waals surface area contributed by atoms with Crippen molar-refractivity contribution in [3.8, 4) is 0 Å². The SMILES string of the molecule is COCCOCCOCCOCC(=O)OC(C)C(CN[C@]12CC[C@@H](C(C)C)[C@@H]1[C@H]1CC[C@@H]3[C@@]4(C)CC[C@H](OC(=O)CC(C)(C)CC(=O)O)C(C)(C)[C@@H]4CC[C@@]3(C)[C@]1(C)CC2)N1CCS(=O)(=O)CC1. The van der Waals surface area contributed by atoms with E-state index < -0.39 is 33.3 Å². The molecule has 6 fully saturated rings. The molecule has 0 radical (unpaired) electrons. The first-order chi connectivity index (χ1) is 31.8. The molecule has 14 nitrogen and oxygen atoms in total. The van der Waals surface area contributed by atoms with Crippen LogP contribution in [0.2, 0.25) is 0 Å². The van der Waals surface area contributed by atoms with E-state index in [1.54, 1.807) is 7.11 Å². The number of carbonyl (C=O) groups is 3. The first-order valence-corrected chi connectivity index (χ1v) is 28.2. The quantitative estimate of drug-likeness (QED) is 0.0756. The Morgan fingerprint density at radius 3 is 2.03 bits per heavy atom. The fourth-order valence-corrected chi connectivity index (χ4v) is 17.2. The van der Waals surface area contributed by atoms with Gasteiger partial charge in [0.05, 0.1) is 70.0 Å². The molecule has 5 saturated carbocycles. The molecule has 0 spiro atoms. The Morgan fingerprint density at radius 1 is 0.750 bits per heavy atom. The number of hydrogen-bond acceptors (Lipinski definition) is 13. The maximum absolute atomic E-state index is 13.4. The third-order valence-electron chi connectivity index (χ3n) is 19.6. The number of aliphatic carboxylic acids is 1. The molecule has 15 heteroatoms. The summed E-state index contributed by atoms with van der Waals surface area (Å²) in [4.78, 5) is 40.3. The summed E-state index contributed by atoms with van der Waals surface area (Å²) in [6.07, 6.45) is 10.4. The standard InChI is InChI=1S/C53H92N2O12S/c1-36(2)38-14-19-53(54-34-40(55-22-30-68(60,61)31-23-55)37(3)66-46(59)35-65-29-28-64-27-26-63-25-24-62-11)21-20-51(9)39(47(38)53)12-13-42-50(8)17-16-43(49(6,7)41(50)15-18-52(42,51)10)67-45(58)33-48(4,5)32-44(56)57/h36-43,47,54H,12-35H2,1-11H3,(H,56,57)/t37?,38-,39+,40?,41-,42+,43-,47+,50-,51+,52+,53-/m0/s1. The number of rotatable bonds is 23. The molecule has 12 atom stereocenters. The van der Waals surface area contributed by atoms with Crippen LogP contribution in [0.3, 0.4) is 0 Å². The molecule has 1 aliphatic heterocycles. The average Bonchev–Trinajstić information content (AvgIpc) is 3.63. The zero-order chi connectivity index (χ0) is 49.9. The van der Waals surface area contributed by atoms with Crippen LogP contribution in [-0.4, -0.2) is 145 Å². The van der Waals surface area contributed by atoms with E-state index in [0.717, 1.165) is 44.9 Å². The number of carbonyl (C=O) groups excluding carboxylic acids is 2. The maximum atomic E-state index is 13.4. The minimum atomic E-state index is -3.12. The maximum Gasteiger partial charge on any atom is 0.332 e. The van der Waals surface area contributed by atoms with Gasteiger partial charge in [0.25, 0.3) is 0 Å². The van der Waals surface area contributed by atoms with Gasteiger partial charge in [0, 0.05) is 37.7 Å². The highest BCUT2D eigenvalue weighted by atomic mass is 32.2. The summed E-state index contributed by atoms with van der Waals surface area (Å²) in [6.45, 7) is 26.7. The molecule has 2 N–H and O–H groups in total. The predicted octanol–water partition coefficient (Wildman–Crippen LogP) is 7.60. The van der Waals surface area contributed by atoms with E-state index in [1.807, 2.05) is 20.8 Å². The Kier molecular flexibility index (Phi) is 18.0. The topological polar surface area (TPSA) is 176 Å². The highest BCUT2D eigenvalue weighted by Gasteiger charge is 2.71. The summed E-state index contributed by atoms with van der Waals surface area (Å²) in [7, 11) is -1.49. The zero-order valence-corrected chi connectivity index (χ0v) is 44.8. The zero-order valence-electron chi connectivity index (χ0n) is 44.0. The Bertz CT molecular complexity index is 1830.